The molecule has 2 aromatic carbocycles. The van der Waals surface area contributed by atoms with Gasteiger partial charge in [0.2, 0.25) is 6.79 Å². The zero-order valence-corrected chi connectivity index (χ0v) is 17.4. The molecule has 2 aliphatic rings. The Morgan fingerprint density at radius 1 is 1.16 bits per heavy atom. The minimum atomic E-state index is -0.753. The molecule has 3 N–H and O–H groups in total. The highest BCUT2D eigenvalue weighted by molar-refractivity contribution is 6.35. The van der Waals surface area contributed by atoms with Crippen LogP contribution in [0.4, 0.5) is 11.5 Å². The van der Waals surface area contributed by atoms with Gasteiger partial charge >= 0.3 is 5.97 Å². The monoisotopic (exact) mass is 440 g/mol. The summed E-state index contributed by atoms with van der Waals surface area (Å²) in [5.41, 5.74) is 8.63. The fourth-order valence-corrected chi connectivity index (χ4v) is 4.38. The molecular formula is C22H21ClN4O4. The molecular weight excluding hydrogens is 420 g/mol. The van der Waals surface area contributed by atoms with E-state index in [4.69, 9.17) is 26.8 Å². The predicted octanol–water partition coefficient (Wildman–Crippen LogP) is 3.49. The van der Waals surface area contributed by atoms with Crippen molar-refractivity contribution in [1.82, 2.24) is 10.2 Å². The van der Waals surface area contributed by atoms with E-state index in [1.165, 1.54) is 0 Å². The molecule has 0 atom stereocenters. The normalized spacial score (nSPS) is 16.1. The van der Waals surface area contributed by atoms with Crippen LogP contribution >= 0.6 is 11.6 Å². The molecule has 0 amide bonds. The number of fused-ring (bicyclic) bond motifs is 2. The molecule has 5 rings (SSSR count). The van der Waals surface area contributed by atoms with E-state index in [-0.39, 0.29) is 12.7 Å². The molecule has 3 aromatic rings. The number of carboxylic acid groups (broad SMARTS) is 1. The quantitative estimate of drug-likeness (QED) is 0.593. The van der Waals surface area contributed by atoms with E-state index in [0.29, 0.717) is 48.9 Å². The van der Waals surface area contributed by atoms with Crippen molar-refractivity contribution in [1.29, 1.82) is 0 Å². The number of hydrogen-bond donors (Lipinski definition) is 2. The van der Waals surface area contributed by atoms with E-state index >= 15 is 0 Å². The minimum Gasteiger partial charge on any atom is -0.481 e. The topological polar surface area (TPSA) is 111 Å². The van der Waals surface area contributed by atoms with Crippen LogP contribution in [0, 0.1) is 5.92 Å². The van der Waals surface area contributed by atoms with Gasteiger partial charge in [0.25, 0.3) is 0 Å². The highest BCUT2D eigenvalue weighted by Crippen LogP contribution is 2.38. The van der Waals surface area contributed by atoms with E-state index in [0.717, 1.165) is 33.5 Å². The van der Waals surface area contributed by atoms with E-state index in [1.54, 1.807) is 6.07 Å². The van der Waals surface area contributed by atoms with Crippen molar-refractivity contribution in [2.75, 3.05) is 30.5 Å². The zero-order chi connectivity index (χ0) is 21.5. The molecule has 2 aliphatic heterocycles. The number of benzene rings is 2. The number of nitrogen functional groups attached to an aromatic ring is 1. The number of anilines is 2. The summed E-state index contributed by atoms with van der Waals surface area (Å²) in [6, 6.07) is 9.49. The van der Waals surface area contributed by atoms with Gasteiger partial charge in [-0.1, -0.05) is 23.7 Å². The summed E-state index contributed by atoms with van der Waals surface area (Å²) in [7, 11) is 0. The number of nitrogens with two attached hydrogens (primary N) is 1. The number of carbonyl (C=O) groups is 1. The van der Waals surface area contributed by atoms with E-state index < -0.39 is 5.97 Å². The van der Waals surface area contributed by atoms with Gasteiger partial charge in [-0.25, -0.2) is 0 Å². The Hall–Kier alpha value is -3.26. The molecule has 0 spiro atoms. The molecule has 8 nitrogen and oxygen atoms in total. The van der Waals surface area contributed by atoms with Gasteiger partial charge in [0.15, 0.2) is 17.3 Å². The molecule has 9 heteroatoms. The molecule has 0 radical (unpaired) electrons. The van der Waals surface area contributed by atoms with Gasteiger partial charge in [-0.05, 0) is 36.6 Å². The maximum Gasteiger partial charge on any atom is 0.306 e. The first-order valence-corrected chi connectivity index (χ1v) is 10.5. The van der Waals surface area contributed by atoms with Crippen molar-refractivity contribution in [2.45, 2.75) is 19.3 Å². The summed E-state index contributed by atoms with van der Waals surface area (Å²) in [5.74, 6) is 1.01. The first kappa shape index (κ1) is 19.7. The second-order valence-electron chi connectivity index (χ2n) is 7.82. The van der Waals surface area contributed by atoms with Crippen LogP contribution in [0.3, 0.4) is 0 Å². The van der Waals surface area contributed by atoms with Crippen molar-refractivity contribution in [3.05, 3.63) is 46.6 Å². The highest BCUT2D eigenvalue weighted by atomic mass is 35.5. The number of hydrogen-bond acceptors (Lipinski definition) is 7. The van der Waals surface area contributed by atoms with Crippen LogP contribution in [0.2, 0.25) is 5.02 Å². The van der Waals surface area contributed by atoms with Crippen LogP contribution in [-0.4, -0.2) is 41.2 Å². The van der Waals surface area contributed by atoms with Gasteiger partial charge in [0.05, 0.1) is 27.7 Å². The summed E-state index contributed by atoms with van der Waals surface area (Å²) in [4.78, 5) is 13.3. The summed E-state index contributed by atoms with van der Waals surface area (Å²) < 4.78 is 10.9. The Bertz CT molecular complexity index is 1180. The van der Waals surface area contributed by atoms with Gasteiger partial charge in [-0.15, -0.1) is 5.10 Å². The number of piperidine rings is 1. The molecule has 0 unspecified atom stereocenters. The molecule has 1 aromatic heterocycles. The Morgan fingerprint density at radius 3 is 2.71 bits per heavy atom. The number of nitrogens with zero attached hydrogens (tertiary/aromatic N) is 3. The molecule has 0 bridgehead atoms. The van der Waals surface area contributed by atoms with E-state index in [1.807, 2.05) is 29.2 Å². The number of rotatable bonds is 4. The van der Waals surface area contributed by atoms with Gasteiger partial charge in [-0.3, -0.25) is 4.79 Å². The van der Waals surface area contributed by atoms with Gasteiger partial charge in [0.1, 0.15) is 0 Å². The van der Waals surface area contributed by atoms with E-state index in [2.05, 4.69) is 10.2 Å². The SMILES string of the molecule is Nc1c(Cl)ccc2c(Cc3ccc4c(c3)OCO4)nnc(N3CCC(C(=O)O)CC3)c12. The minimum absolute atomic E-state index is 0.226. The average molecular weight is 441 g/mol. The van der Waals surface area contributed by atoms with Crippen molar-refractivity contribution < 1.29 is 19.4 Å². The third-order valence-electron chi connectivity index (χ3n) is 5.94. The van der Waals surface area contributed by atoms with Crippen LogP contribution in [0.1, 0.15) is 24.1 Å². The van der Waals surface area contributed by atoms with Crippen LogP contribution in [0.15, 0.2) is 30.3 Å². The van der Waals surface area contributed by atoms with Crippen molar-refractivity contribution in [2.24, 2.45) is 5.92 Å². The predicted molar refractivity (Wildman–Crippen MR) is 117 cm³/mol. The first-order valence-electron chi connectivity index (χ1n) is 10.1. The Morgan fingerprint density at radius 2 is 1.94 bits per heavy atom. The second-order valence-corrected chi connectivity index (χ2v) is 8.23. The van der Waals surface area contributed by atoms with Crippen LogP contribution in [0.25, 0.3) is 10.8 Å². The molecule has 0 aliphatic carbocycles. The summed E-state index contributed by atoms with van der Waals surface area (Å²) in [6.07, 6.45) is 1.65. The van der Waals surface area contributed by atoms with Crippen molar-refractivity contribution in [3.8, 4) is 11.5 Å². The standard InChI is InChI=1S/C22H21ClN4O4/c23-15-3-2-14-16(9-12-1-4-17-18(10-12)31-11-30-17)25-26-21(19(14)20(15)24)27-7-5-13(6-8-27)22(28)29/h1-4,10,13H,5-9,11,24H2,(H,28,29). The van der Waals surface area contributed by atoms with E-state index in [9.17, 15) is 9.90 Å². The lowest BCUT2D eigenvalue weighted by Crippen LogP contribution is -2.37. The largest absolute Gasteiger partial charge is 0.481 e. The number of halogens is 1. The molecule has 0 saturated carbocycles. The highest BCUT2D eigenvalue weighted by Gasteiger charge is 2.27. The number of aromatic nitrogens is 2. The van der Waals surface area contributed by atoms with Crippen LogP contribution < -0.4 is 20.1 Å². The second kappa shape index (κ2) is 7.77. The number of ether oxygens (including phenoxy) is 2. The summed E-state index contributed by atoms with van der Waals surface area (Å²) in [6.45, 7) is 1.38. The third kappa shape index (κ3) is 3.57. The van der Waals surface area contributed by atoms with Gasteiger partial charge in [0, 0.05) is 24.9 Å². The Balaban J connectivity index is 1.52. The molecule has 3 heterocycles. The fourth-order valence-electron chi connectivity index (χ4n) is 4.22. The maximum absolute atomic E-state index is 11.3. The van der Waals surface area contributed by atoms with Crippen LogP contribution in [0.5, 0.6) is 11.5 Å². The van der Waals surface area contributed by atoms with Crippen molar-refractivity contribution in [3.63, 3.8) is 0 Å². The van der Waals surface area contributed by atoms with Gasteiger partial charge in [-0.2, -0.15) is 5.10 Å². The smallest absolute Gasteiger partial charge is 0.306 e. The Kier molecular flexibility index (Phi) is 4.94. The summed E-state index contributed by atoms with van der Waals surface area (Å²) >= 11 is 6.34. The zero-order valence-electron chi connectivity index (χ0n) is 16.7. The third-order valence-corrected chi connectivity index (χ3v) is 6.27. The molecule has 1 fully saturated rings. The summed E-state index contributed by atoms with van der Waals surface area (Å²) in [5, 5.41) is 20.4. The molecule has 160 valence electrons. The van der Waals surface area contributed by atoms with Crippen LogP contribution in [-0.2, 0) is 11.2 Å². The average Bonchev–Trinajstić information content (AvgIpc) is 3.24. The van der Waals surface area contributed by atoms with Gasteiger partial charge < -0.3 is 25.2 Å². The molecule has 1 saturated heterocycles. The Labute approximate surface area is 183 Å². The van der Waals surface area contributed by atoms with Crippen molar-refractivity contribution >= 4 is 39.8 Å². The lowest BCUT2D eigenvalue weighted by molar-refractivity contribution is -0.142. The fraction of sp³-hybridized carbons (Fsp3) is 0.318. The maximum atomic E-state index is 11.3. The number of aliphatic carboxylic acids is 1. The number of carboxylic acids is 1. The first-order chi connectivity index (χ1) is 15.0. The molecule has 31 heavy (non-hydrogen) atoms. The lowest BCUT2D eigenvalue weighted by atomic mass is 9.96. The lowest BCUT2D eigenvalue weighted by Gasteiger charge is -2.31.